The summed E-state index contributed by atoms with van der Waals surface area (Å²) in [5.41, 5.74) is 2.41. The molecule has 2 atom stereocenters. The van der Waals surface area contributed by atoms with Crippen molar-refractivity contribution in [3.8, 4) is 6.01 Å². The first kappa shape index (κ1) is 12.8. The predicted molar refractivity (Wildman–Crippen MR) is 69.2 cm³/mol. The van der Waals surface area contributed by atoms with E-state index in [1.54, 1.807) is 0 Å². The van der Waals surface area contributed by atoms with Crippen molar-refractivity contribution < 1.29 is 4.74 Å². The summed E-state index contributed by atoms with van der Waals surface area (Å²) in [7, 11) is 0. The summed E-state index contributed by atoms with van der Waals surface area (Å²) >= 11 is 0. The molecule has 1 aromatic rings. The van der Waals surface area contributed by atoms with E-state index in [0.717, 1.165) is 5.92 Å². The smallest absolute Gasteiger partial charge is 0.323 e. The van der Waals surface area contributed by atoms with Crippen LogP contribution in [-0.4, -0.2) is 27.6 Å². The van der Waals surface area contributed by atoms with E-state index in [1.807, 2.05) is 6.92 Å². The number of anilines is 2. The lowest BCUT2D eigenvalue weighted by Gasteiger charge is -2.08. The van der Waals surface area contributed by atoms with Crippen molar-refractivity contribution >= 4 is 11.9 Å². The molecule has 0 spiro atoms. The van der Waals surface area contributed by atoms with Crippen molar-refractivity contribution in [3.63, 3.8) is 0 Å². The zero-order valence-corrected chi connectivity index (χ0v) is 10.8. The van der Waals surface area contributed by atoms with Crippen LogP contribution in [0, 0.1) is 5.92 Å². The van der Waals surface area contributed by atoms with Crippen LogP contribution in [0.5, 0.6) is 6.01 Å². The van der Waals surface area contributed by atoms with Gasteiger partial charge >= 0.3 is 6.01 Å². The fraction of sp³-hybridized carbons (Fsp3) is 0.727. The molecule has 0 aromatic carbocycles. The number of nitrogens with zero attached hydrogens (tertiary/aromatic N) is 3. The molecule has 18 heavy (non-hydrogen) atoms. The standard InChI is InChI=1S/C11H20N6O/c1-3-5-7-6-8(7)13-9-14-10(17-12)16-11(15-9)18-4-2/h7-8H,3-6,12H2,1-2H3,(H2,13,14,15,16,17). The zero-order chi connectivity index (χ0) is 13.0. The lowest BCUT2D eigenvalue weighted by molar-refractivity contribution is 0.312. The fourth-order valence-corrected chi connectivity index (χ4v) is 1.96. The zero-order valence-electron chi connectivity index (χ0n) is 10.8. The average molecular weight is 252 g/mol. The van der Waals surface area contributed by atoms with Gasteiger partial charge in [-0.25, -0.2) is 5.84 Å². The van der Waals surface area contributed by atoms with Crippen LogP contribution in [0.3, 0.4) is 0 Å². The second-order valence-corrected chi connectivity index (χ2v) is 4.38. The monoisotopic (exact) mass is 252 g/mol. The quantitative estimate of drug-likeness (QED) is 0.494. The van der Waals surface area contributed by atoms with Crippen LogP contribution in [-0.2, 0) is 0 Å². The molecule has 2 rings (SSSR count). The number of aromatic nitrogens is 3. The van der Waals surface area contributed by atoms with E-state index in [9.17, 15) is 0 Å². The summed E-state index contributed by atoms with van der Waals surface area (Å²) < 4.78 is 5.27. The van der Waals surface area contributed by atoms with Crippen molar-refractivity contribution in [2.24, 2.45) is 11.8 Å². The van der Waals surface area contributed by atoms with Crippen LogP contribution in [0.25, 0.3) is 0 Å². The Morgan fingerprint density at radius 3 is 2.72 bits per heavy atom. The molecule has 1 heterocycles. The summed E-state index contributed by atoms with van der Waals surface area (Å²) in [5.74, 6) is 6.88. The number of nitrogen functional groups attached to an aromatic ring is 1. The Kier molecular flexibility index (Phi) is 4.14. The van der Waals surface area contributed by atoms with E-state index in [4.69, 9.17) is 10.6 Å². The minimum absolute atomic E-state index is 0.288. The van der Waals surface area contributed by atoms with Crippen LogP contribution < -0.4 is 21.3 Å². The molecule has 1 saturated carbocycles. The third-order valence-corrected chi connectivity index (χ3v) is 2.91. The maximum atomic E-state index is 5.32. The Morgan fingerprint density at radius 2 is 2.06 bits per heavy atom. The van der Waals surface area contributed by atoms with Gasteiger partial charge in [0.1, 0.15) is 0 Å². The molecular weight excluding hydrogens is 232 g/mol. The van der Waals surface area contributed by atoms with Crippen molar-refractivity contribution in [3.05, 3.63) is 0 Å². The van der Waals surface area contributed by atoms with Crippen molar-refractivity contribution in [1.29, 1.82) is 0 Å². The summed E-state index contributed by atoms with van der Waals surface area (Å²) in [6.07, 6.45) is 3.62. The molecule has 1 fully saturated rings. The highest BCUT2D eigenvalue weighted by Gasteiger charge is 2.36. The Balaban J connectivity index is 2.01. The predicted octanol–water partition coefficient (Wildman–Crippen LogP) is 1.16. The number of rotatable bonds is 7. The fourth-order valence-electron chi connectivity index (χ4n) is 1.96. The maximum absolute atomic E-state index is 5.32. The minimum atomic E-state index is 0.288. The van der Waals surface area contributed by atoms with Gasteiger partial charge in [0.2, 0.25) is 11.9 Å². The van der Waals surface area contributed by atoms with Gasteiger partial charge in [-0.1, -0.05) is 13.3 Å². The minimum Gasteiger partial charge on any atom is -0.464 e. The van der Waals surface area contributed by atoms with Gasteiger partial charge in [-0.2, -0.15) is 15.0 Å². The molecule has 0 bridgehead atoms. The van der Waals surface area contributed by atoms with E-state index in [2.05, 4.69) is 32.6 Å². The Labute approximate surface area is 107 Å². The largest absolute Gasteiger partial charge is 0.464 e. The molecule has 4 N–H and O–H groups in total. The molecular formula is C11H20N6O. The number of hydrazine groups is 1. The second-order valence-electron chi connectivity index (χ2n) is 4.38. The molecule has 0 radical (unpaired) electrons. The van der Waals surface area contributed by atoms with E-state index in [-0.39, 0.29) is 6.01 Å². The van der Waals surface area contributed by atoms with Gasteiger partial charge in [0.05, 0.1) is 6.61 Å². The Hall–Kier alpha value is -1.63. The second kappa shape index (κ2) is 5.81. The lowest BCUT2D eigenvalue weighted by Crippen LogP contribution is -2.15. The van der Waals surface area contributed by atoms with Gasteiger partial charge < -0.3 is 10.1 Å². The SMILES string of the molecule is CCCC1CC1Nc1nc(NN)nc(OCC)n1. The van der Waals surface area contributed by atoms with E-state index < -0.39 is 0 Å². The van der Waals surface area contributed by atoms with Crippen LogP contribution >= 0.6 is 0 Å². The highest BCUT2D eigenvalue weighted by molar-refractivity contribution is 5.37. The van der Waals surface area contributed by atoms with E-state index in [0.29, 0.717) is 24.5 Å². The normalized spacial score (nSPS) is 21.5. The van der Waals surface area contributed by atoms with E-state index in [1.165, 1.54) is 19.3 Å². The molecule has 0 amide bonds. The van der Waals surface area contributed by atoms with Gasteiger partial charge in [-0.15, -0.1) is 0 Å². The highest BCUT2D eigenvalue weighted by Crippen LogP contribution is 2.36. The first-order valence-corrected chi connectivity index (χ1v) is 6.38. The number of nitrogens with one attached hydrogen (secondary N) is 2. The number of hydrogen-bond donors (Lipinski definition) is 3. The third kappa shape index (κ3) is 3.19. The Bertz CT molecular complexity index is 399. The number of hydrogen-bond acceptors (Lipinski definition) is 7. The molecule has 2 unspecified atom stereocenters. The summed E-state index contributed by atoms with van der Waals surface area (Å²) in [4.78, 5) is 12.4. The van der Waals surface area contributed by atoms with Crippen LogP contribution in [0.4, 0.5) is 11.9 Å². The molecule has 7 nitrogen and oxygen atoms in total. The maximum Gasteiger partial charge on any atom is 0.323 e. The lowest BCUT2D eigenvalue weighted by atomic mass is 10.2. The van der Waals surface area contributed by atoms with Crippen LogP contribution in [0.1, 0.15) is 33.1 Å². The first-order valence-electron chi connectivity index (χ1n) is 6.38. The van der Waals surface area contributed by atoms with E-state index >= 15 is 0 Å². The van der Waals surface area contributed by atoms with Crippen molar-refractivity contribution in [2.75, 3.05) is 17.3 Å². The van der Waals surface area contributed by atoms with Gasteiger partial charge in [-0.05, 0) is 25.7 Å². The summed E-state index contributed by atoms with van der Waals surface area (Å²) in [5, 5.41) is 3.29. The molecule has 0 saturated heterocycles. The molecule has 1 aromatic heterocycles. The van der Waals surface area contributed by atoms with Crippen molar-refractivity contribution in [2.45, 2.75) is 39.2 Å². The van der Waals surface area contributed by atoms with Crippen molar-refractivity contribution in [1.82, 2.24) is 15.0 Å². The third-order valence-electron chi connectivity index (χ3n) is 2.91. The summed E-state index contributed by atoms with van der Waals surface area (Å²) in [6, 6.07) is 0.753. The Morgan fingerprint density at radius 1 is 1.28 bits per heavy atom. The van der Waals surface area contributed by atoms with Crippen LogP contribution in [0.2, 0.25) is 0 Å². The molecule has 1 aliphatic rings. The number of ether oxygens (including phenoxy) is 1. The molecule has 0 aliphatic heterocycles. The highest BCUT2D eigenvalue weighted by atomic mass is 16.5. The topological polar surface area (TPSA) is 98.0 Å². The van der Waals surface area contributed by atoms with Gasteiger partial charge in [0.15, 0.2) is 0 Å². The van der Waals surface area contributed by atoms with Gasteiger partial charge in [0.25, 0.3) is 0 Å². The molecule has 7 heteroatoms. The van der Waals surface area contributed by atoms with Gasteiger partial charge in [-0.3, -0.25) is 5.43 Å². The van der Waals surface area contributed by atoms with Crippen LogP contribution in [0.15, 0.2) is 0 Å². The summed E-state index contributed by atoms with van der Waals surface area (Å²) in [6.45, 7) is 4.59. The number of nitrogens with two attached hydrogens (primary N) is 1. The average Bonchev–Trinajstić information content (AvgIpc) is 3.08. The van der Waals surface area contributed by atoms with Gasteiger partial charge in [0, 0.05) is 6.04 Å². The molecule has 1 aliphatic carbocycles. The molecule has 100 valence electrons. The first-order chi connectivity index (χ1) is 8.76.